The quantitative estimate of drug-likeness (QED) is 0.778. The molecule has 1 aromatic heterocycles. The number of nitrogens with zero attached hydrogens (tertiary/aromatic N) is 2. The Bertz CT molecular complexity index is 376. The SMILES string of the molecule is c1nc2c(c(NCC3CCNC3)n1)COC2. The molecule has 0 spiro atoms. The molecule has 1 unspecified atom stereocenters. The summed E-state index contributed by atoms with van der Waals surface area (Å²) in [5, 5.41) is 6.78. The van der Waals surface area contributed by atoms with Gasteiger partial charge in [0, 0.05) is 12.1 Å². The van der Waals surface area contributed by atoms with E-state index in [1.807, 2.05) is 0 Å². The predicted octanol–water partition coefficient (Wildman–Crippen LogP) is 0.528. The lowest BCUT2D eigenvalue weighted by Gasteiger charge is -2.12. The summed E-state index contributed by atoms with van der Waals surface area (Å²) >= 11 is 0. The normalized spacial score (nSPS) is 23.4. The highest BCUT2D eigenvalue weighted by atomic mass is 16.5. The Morgan fingerprint density at radius 3 is 3.31 bits per heavy atom. The monoisotopic (exact) mass is 220 g/mol. The average Bonchev–Trinajstić information content (AvgIpc) is 2.97. The summed E-state index contributed by atoms with van der Waals surface area (Å²) in [4.78, 5) is 8.50. The summed E-state index contributed by atoms with van der Waals surface area (Å²) < 4.78 is 5.37. The van der Waals surface area contributed by atoms with Crippen LogP contribution in [0.5, 0.6) is 0 Å². The average molecular weight is 220 g/mol. The van der Waals surface area contributed by atoms with Gasteiger partial charge in [-0.3, -0.25) is 0 Å². The van der Waals surface area contributed by atoms with Crippen molar-refractivity contribution in [1.29, 1.82) is 0 Å². The smallest absolute Gasteiger partial charge is 0.135 e. The van der Waals surface area contributed by atoms with E-state index in [4.69, 9.17) is 4.74 Å². The molecule has 1 saturated heterocycles. The fourth-order valence-corrected chi connectivity index (χ4v) is 2.26. The highest BCUT2D eigenvalue weighted by molar-refractivity contribution is 5.46. The third-order valence-corrected chi connectivity index (χ3v) is 3.24. The first-order chi connectivity index (χ1) is 7.93. The number of rotatable bonds is 3. The maximum atomic E-state index is 5.37. The van der Waals surface area contributed by atoms with Crippen LogP contribution in [-0.2, 0) is 18.0 Å². The fourth-order valence-electron chi connectivity index (χ4n) is 2.26. The summed E-state index contributed by atoms with van der Waals surface area (Å²) in [7, 11) is 0. The van der Waals surface area contributed by atoms with E-state index < -0.39 is 0 Å². The molecule has 1 atom stereocenters. The molecule has 3 heterocycles. The molecule has 0 bridgehead atoms. The second-order valence-electron chi connectivity index (χ2n) is 4.38. The van der Waals surface area contributed by atoms with Gasteiger partial charge >= 0.3 is 0 Å². The van der Waals surface area contributed by atoms with Gasteiger partial charge < -0.3 is 15.4 Å². The molecule has 5 nitrogen and oxygen atoms in total. The molecule has 2 N–H and O–H groups in total. The van der Waals surface area contributed by atoms with Gasteiger partial charge in [0.25, 0.3) is 0 Å². The number of nitrogens with one attached hydrogen (secondary N) is 2. The van der Waals surface area contributed by atoms with Gasteiger partial charge in [0.05, 0.1) is 18.9 Å². The summed E-state index contributed by atoms with van der Waals surface area (Å²) in [5.41, 5.74) is 2.16. The number of fused-ring (bicyclic) bond motifs is 1. The summed E-state index contributed by atoms with van der Waals surface area (Å²) in [5.74, 6) is 1.67. The first kappa shape index (κ1) is 9.99. The molecule has 0 radical (unpaired) electrons. The predicted molar refractivity (Wildman–Crippen MR) is 60.0 cm³/mol. The van der Waals surface area contributed by atoms with Gasteiger partial charge in [-0.25, -0.2) is 9.97 Å². The molecule has 0 amide bonds. The van der Waals surface area contributed by atoms with Crippen molar-refractivity contribution in [3.63, 3.8) is 0 Å². The van der Waals surface area contributed by atoms with Crippen molar-refractivity contribution in [1.82, 2.24) is 15.3 Å². The Morgan fingerprint density at radius 1 is 1.44 bits per heavy atom. The number of anilines is 1. The van der Waals surface area contributed by atoms with Crippen molar-refractivity contribution in [2.75, 3.05) is 25.0 Å². The van der Waals surface area contributed by atoms with Crippen LogP contribution in [0.4, 0.5) is 5.82 Å². The topological polar surface area (TPSA) is 59.1 Å². The number of aromatic nitrogens is 2. The number of hydrogen-bond acceptors (Lipinski definition) is 5. The van der Waals surface area contributed by atoms with Gasteiger partial charge in [0.1, 0.15) is 12.1 Å². The van der Waals surface area contributed by atoms with E-state index in [9.17, 15) is 0 Å². The molecule has 86 valence electrons. The molecule has 1 aromatic rings. The Kier molecular flexibility index (Phi) is 2.71. The van der Waals surface area contributed by atoms with Crippen molar-refractivity contribution in [3.8, 4) is 0 Å². The van der Waals surface area contributed by atoms with Gasteiger partial charge in [-0.05, 0) is 25.4 Å². The van der Waals surface area contributed by atoms with Crippen LogP contribution in [0.15, 0.2) is 6.33 Å². The number of hydrogen-bond donors (Lipinski definition) is 2. The highest BCUT2D eigenvalue weighted by Gasteiger charge is 2.19. The van der Waals surface area contributed by atoms with Gasteiger partial charge in [-0.1, -0.05) is 0 Å². The van der Waals surface area contributed by atoms with Gasteiger partial charge in [-0.15, -0.1) is 0 Å². The second kappa shape index (κ2) is 4.35. The molecular weight excluding hydrogens is 204 g/mol. The maximum absolute atomic E-state index is 5.37. The molecule has 16 heavy (non-hydrogen) atoms. The minimum atomic E-state index is 0.623. The zero-order valence-corrected chi connectivity index (χ0v) is 9.20. The van der Waals surface area contributed by atoms with Crippen molar-refractivity contribution in [2.45, 2.75) is 19.6 Å². The summed E-state index contributed by atoms with van der Waals surface area (Å²) in [6, 6.07) is 0. The summed E-state index contributed by atoms with van der Waals surface area (Å²) in [6.07, 6.45) is 2.86. The first-order valence-corrected chi connectivity index (χ1v) is 5.78. The van der Waals surface area contributed by atoms with Crippen molar-refractivity contribution in [3.05, 3.63) is 17.6 Å². The van der Waals surface area contributed by atoms with E-state index in [1.165, 1.54) is 6.42 Å². The van der Waals surface area contributed by atoms with E-state index in [-0.39, 0.29) is 0 Å². The molecule has 1 fully saturated rings. The second-order valence-corrected chi connectivity index (χ2v) is 4.38. The molecule has 3 rings (SSSR count). The third-order valence-electron chi connectivity index (χ3n) is 3.24. The van der Waals surface area contributed by atoms with Crippen molar-refractivity contribution in [2.24, 2.45) is 5.92 Å². The lowest BCUT2D eigenvalue weighted by molar-refractivity contribution is 0.133. The van der Waals surface area contributed by atoms with E-state index in [0.29, 0.717) is 19.1 Å². The standard InChI is InChI=1S/C11H16N4O/c1-2-12-3-8(1)4-13-11-9-5-16-6-10(9)14-7-15-11/h7-8,12H,1-6H2,(H,13,14,15). The van der Waals surface area contributed by atoms with Crippen molar-refractivity contribution >= 4 is 5.82 Å². The van der Waals surface area contributed by atoms with Crippen LogP contribution in [0.1, 0.15) is 17.7 Å². The summed E-state index contributed by atoms with van der Waals surface area (Å²) in [6.45, 7) is 4.49. The molecule has 0 aromatic carbocycles. The minimum absolute atomic E-state index is 0.623. The number of ether oxygens (including phenoxy) is 1. The molecule has 2 aliphatic heterocycles. The lowest BCUT2D eigenvalue weighted by atomic mass is 10.1. The maximum Gasteiger partial charge on any atom is 0.135 e. The molecular formula is C11H16N4O. The zero-order valence-electron chi connectivity index (χ0n) is 9.20. The Labute approximate surface area is 94.6 Å². The molecule has 0 aliphatic carbocycles. The van der Waals surface area contributed by atoms with Crippen LogP contribution in [0.3, 0.4) is 0 Å². The Balaban J connectivity index is 1.67. The Morgan fingerprint density at radius 2 is 2.44 bits per heavy atom. The van der Waals surface area contributed by atoms with Gasteiger partial charge in [0.15, 0.2) is 0 Å². The zero-order chi connectivity index (χ0) is 10.8. The van der Waals surface area contributed by atoms with Crippen LogP contribution < -0.4 is 10.6 Å². The van der Waals surface area contributed by atoms with E-state index in [2.05, 4.69) is 20.6 Å². The van der Waals surface area contributed by atoms with Crippen LogP contribution in [0.25, 0.3) is 0 Å². The van der Waals surface area contributed by atoms with Gasteiger partial charge in [-0.2, -0.15) is 0 Å². The lowest BCUT2D eigenvalue weighted by Crippen LogP contribution is -2.18. The molecule has 2 aliphatic rings. The van der Waals surface area contributed by atoms with Crippen LogP contribution in [0.2, 0.25) is 0 Å². The Hall–Kier alpha value is -1.20. The minimum Gasteiger partial charge on any atom is -0.370 e. The largest absolute Gasteiger partial charge is 0.370 e. The fraction of sp³-hybridized carbons (Fsp3) is 0.636. The van der Waals surface area contributed by atoms with E-state index in [1.54, 1.807) is 6.33 Å². The van der Waals surface area contributed by atoms with Crippen LogP contribution in [0, 0.1) is 5.92 Å². The van der Waals surface area contributed by atoms with E-state index in [0.717, 1.165) is 36.7 Å². The third kappa shape index (κ3) is 1.88. The van der Waals surface area contributed by atoms with Gasteiger partial charge in [0.2, 0.25) is 0 Å². The van der Waals surface area contributed by atoms with Crippen LogP contribution in [-0.4, -0.2) is 29.6 Å². The first-order valence-electron chi connectivity index (χ1n) is 5.78. The van der Waals surface area contributed by atoms with Crippen molar-refractivity contribution < 1.29 is 4.74 Å². The van der Waals surface area contributed by atoms with E-state index >= 15 is 0 Å². The van der Waals surface area contributed by atoms with Crippen LogP contribution >= 0.6 is 0 Å². The highest BCUT2D eigenvalue weighted by Crippen LogP contribution is 2.23. The molecule has 0 saturated carbocycles. The molecule has 5 heteroatoms.